The average Bonchev–Trinajstić information content (AvgIpc) is 2.35. The lowest BCUT2D eigenvalue weighted by atomic mass is 9.93. The van der Waals surface area contributed by atoms with Crippen LogP contribution in [0.4, 0.5) is 4.39 Å². The molecule has 0 radical (unpaired) electrons. The van der Waals surface area contributed by atoms with Gasteiger partial charge in [-0.25, -0.2) is 4.39 Å². The van der Waals surface area contributed by atoms with Crippen LogP contribution in [0.5, 0.6) is 0 Å². The molecule has 0 amide bonds. The Morgan fingerprint density at radius 3 is 1.68 bits per heavy atom. The number of hydrogen-bond acceptors (Lipinski definition) is 6. The summed E-state index contributed by atoms with van der Waals surface area (Å²) in [7, 11) is -7.08. The Labute approximate surface area is 130 Å². The minimum atomic E-state index is -3.54. The third-order valence-electron chi connectivity index (χ3n) is 2.87. The molecule has 0 fully saturated rings. The monoisotopic (exact) mass is 354 g/mol. The highest BCUT2D eigenvalue weighted by molar-refractivity contribution is 7.86. The van der Waals surface area contributed by atoms with Gasteiger partial charge in [0.05, 0.1) is 25.7 Å². The van der Waals surface area contributed by atoms with E-state index in [-0.39, 0.29) is 24.9 Å². The Morgan fingerprint density at radius 2 is 1.32 bits per heavy atom. The molecule has 22 heavy (non-hydrogen) atoms. The third-order valence-corrected chi connectivity index (χ3v) is 4.06. The average molecular weight is 354 g/mol. The van der Waals surface area contributed by atoms with Crippen molar-refractivity contribution in [2.24, 2.45) is 0 Å². The fourth-order valence-electron chi connectivity index (χ4n) is 1.90. The van der Waals surface area contributed by atoms with Crippen LogP contribution >= 0.6 is 0 Å². The van der Waals surface area contributed by atoms with Gasteiger partial charge >= 0.3 is 0 Å². The van der Waals surface area contributed by atoms with E-state index in [1.54, 1.807) is 12.1 Å². The molecule has 0 saturated carbocycles. The highest BCUT2D eigenvalue weighted by atomic mass is 32.2. The van der Waals surface area contributed by atoms with Gasteiger partial charge in [0.25, 0.3) is 20.2 Å². The minimum absolute atomic E-state index is 0.0419. The maximum atomic E-state index is 13.0. The van der Waals surface area contributed by atoms with Gasteiger partial charge in [-0.3, -0.25) is 8.37 Å². The molecule has 0 N–H and O–H groups in total. The van der Waals surface area contributed by atoms with E-state index < -0.39 is 20.2 Å². The predicted molar refractivity (Wildman–Crippen MR) is 80.0 cm³/mol. The van der Waals surface area contributed by atoms with Crippen LogP contribution in [0.3, 0.4) is 0 Å². The first-order valence-electron chi connectivity index (χ1n) is 6.51. The standard InChI is InChI=1S/C13H19FO6S2/c1-21(15,16)19-9-7-12(8-10-20-22(2,17)18)11-3-5-13(14)6-4-11/h3-6,12H,7-10H2,1-2H3. The summed E-state index contributed by atoms with van der Waals surface area (Å²) in [5.74, 6) is -0.591. The summed E-state index contributed by atoms with van der Waals surface area (Å²) in [4.78, 5) is 0. The summed E-state index contributed by atoms with van der Waals surface area (Å²) in [6, 6.07) is 5.72. The maximum Gasteiger partial charge on any atom is 0.264 e. The van der Waals surface area contributed by atoms with Gasteiger partial charge in [0.1, 0.15) is 5.82 Å². The van der Waals surface area contributed by atoms with Crippen LogP contribution in [0.15, 0.2) is 24.3 Å². The zero-order chi connectivity index (χ0) is 16.8. The highest BCUT2D eigenvalue weighted by Crippen LogP contribution is 2.24. The fourth-order valence-corrected chi connectivity index (χ4v) is 2.69. The molecule has 0 bridgehead atoms. The van der Waals surface area contributed by atoms with Crippen molar-refractivity contribution in [3.8, 4) is 0 Å². The minimum Gasteiger partial charge on any atom is -0.270 e. The fraction of sp³-hybridized carbons (Fsp3) is 0.538. The summed E-state index contributed by atoms with van der Waals surface area (Å²) in [5.41, 5.74) is 0.760. The van der Waals surface area contributed by atoms with Crippen LogP contribution in [0.2, 0.25) is 0 Å². The summed E-state index contributed by atoms with van der Waals surface area (Å²) >= 11 is 0. The third kappa shape index (κ3) is 8.42. The van der Waals surface area contributed by atoms with Gasteiger partial charge in [0.15, 0.2) is 0 Å². The second kappa shape index (κ2) is 8.00. The van der Waals surface area contributed by atoms with E-state index in [1.165, 1.54) is 12.1 Å². The lowest BCUT2D eigenvalue weighted by Crippen LogP contribution is -2.12. The summed E-state index contributed by atoms with van der Waals surface area (Å²) in [5, 5.41) is 0. The van der Waals surface area contributed by atoms with Gasteiger partial charge in [0.2, 0.25) is 0 Å². The van der Waals surface area contributed by atoms with E-state index in [2.05, 4.69) is 0 Å². The molecule has 6 nitrogen and oxygen atoms in total. The Balaban J connectivity index is 2.69. The van der Waals surface area contributed by atoms with Gasteiger partial charge in [-0.2, -0.15) is 16.8 Å². The Bertz CT molecular complexity index is 629. The summed E-state index contributed by atoms with van der Waals surface area (Å²) in [6.07, 6.45) is 2.58. The highest BCUT2D eigenvalue weighted by Gasteiger charge is 2.15. The zero-order valence-corrected chi connectivity index (χ0v) is 14.0. The van der Waals surface area contributed by atoms with Crippen LogP contribution in [0, 0.1) is 5.82 Å². The van der Waals surface area contributed by atoms with Crippen LogP contribution in [-0.4, -0.2) is 42.6 Å². The predicted octanol–water partition coefficient (Wildman–Crippen LogP) is 1.64. The molecule has 0 aliphatic rings. The molecule has 9 heteroatoms. The van der Waals surface area contributed by atoms with Crippen molar-refractivity contribution in [1.29, 1.82) is 0 Å². The second-order valence-corrected chi connectivity index (χ2v) is 8.17. The van der Waals surface area contributed by atoms with Gasteiger partial charge in [-0.15, -0.1) is 0 Å². The van der Waals surface area contributed by atoms with Gasteiger partial charge in [0, 0.05) is 0 Å². The molecule has 0 aliphatic heterocycles. The number of rotatable bonds is 9. The molecule has 1 aromatic rings. The summed E-state index contributed by atoms with van der Waals surface area (Å²) in [6.45, 7) is -0.0838. The van der Waals surface area contributed by atoms with E-state index in [1.807, 2.05) is 0 Å². The van der Waals surface area contributed by atoms with Crippen molar-refractivity contribution in [2.45, 2.75) is 18.8 Å². The van der Waals surface area contributed by atoms with Crippen molar-refractivity contribution in [3.05, 3.63) is 35.6 Å². The van der Waals surface area contributed by atoms with Crippen LogP contribution in [0.1, 0.15) is 24.3 Å². The van der Waals surface area contributed by atoms with E-state index in [0.717, 1.165) is 18.1 Å². The van der Waals surface area contributed by atoms with Crippen LogP contribution in [0.25, 0.3) is 0 Å². The lowest BCUT2D eigenvalue weighted by Gasteiger charge is -2.17. The zero-order valence-electron chi connectivity index (χ0n) is 12.4. The molecule has 0 unspecified atom stereocenters. The second-order valence-electron chi connectivity index (χ2n) is 4.88. The number of hydrogen-bond donors (Lipinski definition) is 0. The molecule has 126 valence electrons. The van der Waals surface area contributed by atoms with Crippen molar-refractivity contribution in [3.63, 3.8) is 0 Å². The molecule has 0 saturated heterocycles. The number of halogens is 1. The maximum absolute atomic E-state index is 13.0. The molecule has 0 atom stereocenters. The molecule has 1 aromatic carbocycles. The Kier molecular flexibility index (Phi) is 6.92. The summed E-state index contributed by atoms with van der Waals surface area (Å²) < 4.78 is 66.2. The smallest absolute Gasteiger partial charge is 0.264 e. The van der Waals surface area contributed by atoms with Crippen molar-refractivity contribution in [2.75, 3.05) is 25.7 Å². The topological polar surface area (TPSA) is 86.7 Å². The molecule has 0 aliphatic carbocycles. The van der Waals surface area contributed by atoms with E-state index in [9.17, 15) is 21.2 Å². The Morgan fingerprint density at radius 1 is 0.909 bits per heavy atom. The largest absolute Gasteiger partial charge is 0.270 e. The SMILES string of the molecule is CS(=O)(=O)OCCC(CCOS(C)(=O)=O)c1ccc(F)cc1. The number of benzene rings is 1. The first-order chi connectivity index (χ1) is 10.1. The normalized spacial score (nSPS) is 12.7. The Hall–Kier alpha value is -1.03. The quantitative estimate of drug-likeness (QED) is 0.627. The molecular weight excluding hydrogens is 335 g/mol. The van der Waals surface area contributed by atoms with Gasteiger partial charge < -0.3 is 0 Å². The van der Waals surface area contributed by atoms with Crippen molar-refractivity contribution < 1.29 is 29.6 Å². The van der Waals surface area contributed by atoms with Crippen LogP contribution < -0.4 is 0 Å². The first-order valence-corrected chi connectivity index (χ1v) is 10.1. The van der Waals surface area contributed by atoms with Crippen molar-refractivity contribution in [1.82, 2.24) is 0 Å². The molecule has 0 spiro atoms. The first kappa shape index (κ1) is 19.0. The van der Waals surface area contributed by atoms with E-state index >= 15 is 0 Å². The van der Waals surface area contributed by atoms with E-state index in [0.29, 0.717) is 12.8 Å². The lowest BCUT2D eigenvalue weighted by molar-refractivity contribution is 0.271. The molecule has 1 rings (SSSR count). The molecular formula is C13H19FO6S2. The van der Waals surface area contributed by atoms with E-state index in [4.69, 9.17) is 8.37 Å². The molecule has 0 aromatic heterocycles. The van der Waals surface area contributed by atoms with Crippen molar-refractivity contribution >= 4 is 20.2 Å². The van der Waals surface area contributed by atoms with Gasteiger partial charge in [-0.05, 0) is 36.5 Å². The van der Waals surface area contributed by atoms with Crippen LogP contribution in [-0.2, 0) is 28.6 Å². The molecule has 0 heterocycles. The van der Waals surface area contributed by atoms with Gasteiger partial charge in [-0.1, -0.05) is 12.1 Å².